The monoisotopic (exact) mass is 345 g/mol. The number of aliphatic hydroxyl groups excluding tert-OH is 1. The van der Waals surface area contributed by atoms with Crippen LogP contribution in [0.4, 0.5) is 0 Å². The molecule has 2 N–H and O–H groups in total. The van der Waals surface area contributed by atoms with Gasteiger partial charge in [-0.1, -0.05) is 67.7 Å². The van der Waals surface area contributed by atoms with Gasteiger partial charge in [-0.15, -0.1) is 0 Å². The Balaban J connectivity index is 2.20. The molecule has 4 atom stereocenters. The Kier molecular flexibility index (Phi) is 4.37. The van der Waals surface area contributed by atoms with Crippen molar-refractivity contribution in [3.8, 4) is 0 Å². The molecule has 1 saturated carbocycles. The number of fused-ring (bicyclic) bond motifs is 1. The van der Waals surface area contributed by atoms with E-state index in [-0.39, 0.29) is 28.8 Å². The van der Waals surface area contributed by atoms with Crippen LogP contribution in [-0.2, 0) is 4.74 Å². The highest BCUT2D eigenvalue weighted by Gasteiger charge is 2.53. The van der Waals surface area contributed by atoms with Crippen LogP contribution in [0.3, 0.4) is 0 Å². The molecule has 0 saturated heterocycles. The molecule has 2 bridgehead atoms. The van der Waals surface area contributed by atoms with Crippen molar-refractivity contribution < 1.29 is 9.84 Å². The van der Waals surface area contributed by atoms with Gasteiger partial charge in [0.25, 0.3) is 5.95 Å². The maximum Gasteiger partial charge on any atom is 0.287 e. The summed E-state index contributed by atoms with van der Waals surface area (Å²) in [5, 5.41) is 19.7. The van der Waals surface area contributed by atoms with E-state index in [9.17, 15) is 5.11 Å². The van der Waals surface area contributed by atoms with Gasteiger partial charge in [0.05, 0.1) is 11.3 Å². The second-order valence-electron chi connectivity index (χ2n) is 10.4. The molecule has 3 heteroatoms. The smallest absolute Gasteiger partial charge is 0.287 e. The number of rotatable bonds is 1. The molecule has 1 fully saturated rings. The molecule has 0 amide bonds. The maximum atomic E-state index is 10.7. The maximum absolute atomic E-state index is 10.7. The van der Waals surface area contributed by atoms with Gasteiger partial charge in [0.15, 0.2) is 0 Å². The van der Waals surface area contributed by atoms with Crippen LogP contribution in [0.5, 0.6) is 0 Å². The number of hydrogen-bond donors (Lipinski definition) is 2. The van der Waals surface area contributed by atoms with Gasteiger partial charge in [-0.05, 0) is 34.8 Å². The minimum absolute atomic E-state index is 0.0236. The third-order valence-electron chi connectivity index (χ3n) is 6.32. The molecule has 2 aliphatic carbocycles. The largest absolute Gasteiger partial charge is 0.480 e. The molecule has 3 nitrogen and oxygen atoms in total. The average molecular weight is 346 g/mol. The summed E-state index contributed by atoms with van der Waals surface area (Å²) in [6, 6.07) is 0. The molecule has 3 rings (SSSR count). The summed E-state index contributed by atoms with van der Waals surface area (Å²) in [5.74, 6) is 1.19. The summed E-state index contributed by atoms with van der Waals surface area (Å²) >= 11 is 0. The van der Waals surface area contributed by atoms with E-state index in [0.717, 1.165) is 0 Å². The van der Waals surface area contributed by atoms with Gasteiger partial charge in [0.1, 0.15) is 6.10 Å². The SMILES string of the molecule is CC1CCCCC1C1C(=N)C2=C(O)OC(C(C)(C)C)C1=C2C(C)(C)C. The van der Waals surface area contributed by atoms with Crippen molar-refractivity contribution in [1.29, 1.82) is 5.41 Å². The topological polar surface area (TPSA) is 53.3 Å². The minimum atomic E-state index is -0.160. The predicted octanol–water partition coefficient (Wildman–Crippen LogP) is 6.02. The zero-order valence-electron chi connectivity index (χ0n) is 17.0. The Morgan fingerprint density at radius 2 is 1.64 bits per heavy atom. The van der Waals surface area contributed by atoms with Crippen LogP contribution >= 0.6 is 0 Å². The minimum Gasteiger partial charge on any atom is -0.480 e. The normalized spacial score (nSPS) is 33.8. The molecule has 1 aliphatic heterocycles. The molecule has 1 heterocycles. The highest BCUT2D eigenvalue weighted by atomic mass is 16.6. The Morgan fingerprint density at radius 3 is 2.16 bits per heavy atom. The number of hydrogen-bond acceptors (Lipinski definition) is 3. The first-order valence-electron chi connectivity index (χ1n) is 9.88. The fraction of sp³-hybridized carbons (Fsp3) is 0.773. The summed E-state index contributed by atoms with van der Waals surface area (Å²) in [5.41, 5.74) is 3.52. The van der Waals surface area contributed by atoms with Crippen molar-refractivity contribution in [3.05, 3.63) is 22.7 Å². The molecular weight excluding hydrogens is 310 g/mol. The first-order chi connectivity index (χ1) is 11.4. The predicted molar refractivity (Wildman–Crippen MR) is 103 cm³/mol. The molecule has 3 aliphatic rings. The van der Waals surface area contributed by atoms with Gasteiger partial charge in [-0.2, -0.15) is 0 Å². The summed E-state index contributed by atoms with van der Waals surface area (Å²) in [6.07, 6.45) is 4.82. The first-order valence-corrected chi connectivity index (χ1v) is 9.88. The lowest BCUT2D eigenvalue weighted by atomic mass is 9.67. The molecule has 0 radical (unpaired) electrons. The summed E-state index contributed by atoms with van der Waals surface area (Å²) in [7, 11) is 0. The number of allylic oxidation sites excluding steroid dienone is 2. The van der Waals surface area contributed by atoms with Crippen LogP contribution in [0.25, 0.3) is 0 Å². The highest BCUT2D eigenvalue weighted by Crippen LogP contribution is 2.56. The number of aliphatic hydroxyl groups is 1. The van der Waals surface area contributed by atoms with Gasteiger partial charge in [-0.3, -0.25) is 0 Å². The lowest BCUT2D eigenvalue weighted by Gasteiger charge is -2.41. The molecule has 4 unspecified atom stereocenters. The van der Waals surface area contributed by atoms with Crippen LogP contribution in [0, 0.1) is 34.0 Å². The van der Waals surface area contributed by atoms with Crippen LogP contribution in [0.2, 0.25) is 0 Å². The van der Waals surface area contributed by atoms with Crippen molar-refractivity contribution in [2.75, 3.05) is 0 Å². The number of nitrogens with one attached hydrogen (secondary N) is 1. The number of ether oxygens (including phenoxy) is 1. The van der Waals surface area contributed by atoms with Gasteiger partial charge < -0.3 is 15.3 Å². The lowest BCUT2D eigenvalue weighted by Crippen LogP contribution is -2.39. The molecular formula is C22H35NO2. The molecule has 0 aromatic carbocycles. The Labute approximate surface area is 153 Å². The molecule has 0 aromatic heterocycles. The van der Waals surface area contributed by atoms with E-state index in [1.807, 2.05) is 0 Å². The highest BCUT2D eigenvalue weighted by molar-refractivity contribution is 6.10. The fourth-order valence-corrected chi connectivity index (χ4v) is 5.23. The van der Waals surface area contributed by atoms with Gasteiger partial charge in [0.2, 0.25) is 0 Å². The lowest BCUT2D eigenvalue weighted by molar-refractivity contribution is -0.0157. The first kappa shape index (κ1) is 18.5. The van der Waals surface area contributed by atoms with E-state index in [4.69, 9.17) is 10.1 Å². The van der Waals surface area contributed by atoms with Crippen LogP contribution in [0.1, 0.15) is 74.1 Å². The van der Waals surface area contributed by atoms with Crippen molar-refractivity contribution >= 4 is 5.71 Å². The van der Waals surface area contributed by atoms with Crippen LogP contribution in [0.15, 0.2) is 22.7 Å². The Bertz CT molecular complexity index is 642. The van der Waals surface area contributed by atoms with E-state index >= 15 is 0 Å². The zero-order chi connectivity index (χ0) is 18.7. The molecule has 0 spiro atoms. The Morgan fingerprint density at radius 1 is 1.04 bits per heavy atom. The Hall–Kier alpha value is -1.25. The summed E-state index contributed by atoms with van der Waals surface area (Å²) in [4.78, 5) is 0. The quantitative estimate of drug-likeness (QED) is 0.610. The van der Waals surface area contributed by atoms with E-state index < -0.39 is 0 Å². The van der Waals surface area contributed by atoms with Crippen molar-refractivity contribution in [3.63, 3.8) is 0 Å². The van der Waals surface area contributed by atoms with E-state index in [1.54, 1.807) is 0 Å². The van der Waals surface area contributed by atoms with Crippen LogP contribution in [-0.4, -0.2) is 16.9 Å². The van der Waals surface area contributed by atoms with Crippen molar-refractivity contribution in [1.82, 2.24) is 0 Å². The average Bonchev–Trinajstić information content (AvgIpc) is 2.72. The van der Waals surface area contributed by atoms with Gasteiger partial charge in [0, 0.05) is 11.3 Å². The third kappa shape index (κ3) is 2.94. The molecule has 140 valence electrons. The molecule has 25 heavy (non-hydrogen) atoms. The third-order valence-corrected chi connectivity index (χ3v) is 6.32. The van der Waals surface area contributed by atoms with E-state index in [1.165, 1.54) is 36.8 Å². The van der Waals surface area contributed by atoms with E-state index in [2.05, 4.69) is 48.5 Å². The van der Waals surface area contributed by atoms with Gasteiger partial charge in [-0.25, -0.2) is 0 Å². The van der Waals surface area contributed by atoms with Gasteiger partial charge >= 0.3 is 0 Å². The standard InChI is InChI=1S/C22H35NO2/c1-12-10-8-9-11-13(12)14-15-17(21(2,3)4)16(18(14)23)20(24)25-19(15)22(5,6)7/h12-14,19,23-24H,8-11H2,1-7H3. The van der Waals surface area contributed by atoms with Crippen molar-refractivity contribution in [2.24, 2.45) is 28.6 Å². The summed E-state index contributed by atoms with van der Waals surface area (Å²) < 4.78 is 6.03. The second kappa shape index (κ2) is 5.89. The molecule has 0 aromatic rings. The summed E-state index contributed by atoms with van der Waals surface area (Å²) in [6.45, 7) is 15.4. The van der Waals surface area contributed by atoms with E-state index in [0.29, 0.717) is 23.1 Å². The van der Waals surface area contributed by atoms with Crippen molar-refractivity contribution in [2.45, 2.75) is 80.3 Å². The fourth-order valence-electron chi connectivity index (χ4n) is 5.23. The second-order valence-corrected chi connectivity index (χ2v) is 10.4. The zero-order valence-corrected chi connectivity index (χ0v) is 17.0. The van der Waals surface area contributed by atoms with Crippen LogP contribution < -0.4 is 0 Å².